The van der Waals surface area contributed by atoms with Crippen LogP contribution in [0.4, 0.5) is 0 Å². The van der Waals surface area contributed by atoms with Crippen LogP contribution in [-0.4, -0.2) is 46.8 Å². The number of nitrogens with zero attached hydrogens (tertiary/aromatic N) is 3. The van der Waals surface area contributed by atoms with Gasteiger partial charge in [0.2, 0.25) is 0 Å². The van der Waals surface area contributed by atoms with Gasteiger partial charge in [-0.2, -0.15) is 9.40 Å². The Morgan fingerprint density at radius 2 is 2.19 bits per heavy atom. The van der Waals surface area contributed by atoms with Crippen LogP contribution in [0.15, 0.2) is 17.3 Å². The van der Waals surface area contributed by atoms with Crippen molar-refractivity contribution in [2.45, 2.75) is 24.9 Å². The summed E-state index contributed by atoms with van der Waals surface area (Å²) < 4.78 is 27.0. The molecule has 1 rings (SSSR count). The molecule has 1 N–H and O–H groups in total. The second kappa shape index (κ2) is 4.94. The van der Waals surface area contributed by atoms with Crippen LogP contribution in [0.5, 0.6) is 0 Å². The Bertz CT molecular complexity index is 439. The van der Waals surface area contributed by atoms with E-state index in [4.69, 9.17) is 5.11 Å². The average molecular weight is 247 g/mol. The Labute approximate surface area is 95.5 Å². The van der Waals surface area contributed by atoms with Crippen LogP contribution in [0, 0.1) is 0 Å². The number of aliphatic hydroxyl groups excluding tert-OH is 1. The fourth-order valence-electron chi connectivity index (χ4n) is 1.49. The van der Waals surface area contributed by atoms with E-state index in [1.54, 1.807) is 20.9 Å². The molecule has 0 aliphatic heterocycles. The Morgan fingerprint density at radius 3 is 2.56 bits per heavy atom. The van der Waals surface area contributed by atoms with Crippen molar-refractivity contribution < 1.29 is 13.5 Å². The van der Waals surface area contributed by atoms with Gasteiger partial charge in [-0.05, 0) is 19.9 Å². The number of hydrogen-bond donors (Lipinski definition) is 1. The van der Waals surface area contributed by atoms with E-state index in [1.807, 2.05) is 0 Å². The van der Waals surface area contributed by atoms with Gasteiger partial charge < -0.3 is 5.11 Å². The van der Waals surface area contributed by atoms with Crippen molar-refractivity contribution in [3.8, 4) is 0 Å². The van der Waals surface area contributed by atoms with E-state index < -0.39 is 10.0 Å². The lowest BCUT2D eigenvalue weighted by Crippen LogP contribution is -2.39. The normalized spacial score (nSPS) is 12.6. The second-order valence-electron chi connectivity index (χ2n) is 3.73. The molecule has 0 unspecified atom stereocenters. The van der Waals surface area contributed by atoms with E-state index in [2.05, 4.69) is 5.10 Å². The third-order valence-electron chi connectivity index (χ3n) is 2.25. The monoisotopic (exact) mass is 247 g/mol. The quantitative estimate of drug-likeness (QED) is 0.782. The van der Waals surface area contributed by atoms with E-state index in [-0.39, 0.29) is 24.2 Å². The van der Waals surface area contributed by atoms with E-state index in [9.17, 15) is 8.42 Å². The highest BCUT2D eigenvalue weighted by Crippen LogP contribution is 2.16. The van der Waals surface area contributed by atoms with E-state index in [0.29, 0.717) is 0 Å². The first kappa shape index (κ1) is 13.1. The topological polar surface area (TPSA) is 75.4 Å². The zero-order valence-corrected chi connectivity index (χ0v) is 10.5. The maximum absolute atomic E-state index is 12.2. The van der Waals surface area contributed by atoms with Crippen molar-refractivity contribution in [2.75, 3.05) is 13.2 Å². The van der Waals surface area contributed by atoms with Crippen LogP contribution in [0.3, 0.4) is 0 Å². The lowest BCUT2D eigenvalue weighted by Gasteiger charge is -2.24. The van der Waals surface area contributed by atoms with Gasteiger partial charge in [0.25, 0.3) is 10.0 Å². The van der Waals surface area contributed by atoms with Gasteiger partial charge in [0.1, 0.15) is 0 Å². The molecule has 7 heteroatoms. The number of aryl methyl sites for hydroxylation is 1. The van der Waals surface area contributed by atoms with Crippen LogP contribution in [0.25, 0.3) is 0 Å². The van der Waals surface area contributed by atoms with Crippen molar-refractivity contribution >= 4 is 10.0 Å². The second-order valence-corrected chi connectivity index (χ2v) is 5.56. The molecule has 0 bridgehead atoms. The first-order valence-corrected chi connectivity index (χ1v) is 6.46. The summed E-state index contributed by atoms with van der Waals surface area (Å²) in [4.78, 5) is 0. The predicted molar refractivity (Wildman–Crippen MR) is 59.3 cm³/mol. The van der Waals surface area contributed by atoms with Gasteiger partial charge in [-0.3, -0.25) is 4.68 Å². The van der Waals surface area contributed by atoms with E-state index in [1.165, 1.54) is 21.3 Å². The standard InChI is InChI=1S/C9H17N3O3S/c1-8(2)12(6-7-13)16(14,15)9-4-5-10-11(9)3/h4-5,8,13H,6-7H2,1-3H3. The Kier molecular flexibility index (Phi) is 4.06. The van der Waals surface area contributed by atoms with E-state index in [0.717, 1.165) is 0 Å². The zero-order chi connectivity index (χ0) is 12.3. The molecule has 0 saturated heterocycles. The molecule has 1 aromatic heterocycles. The molecule has 0 aliphatic carbocycles. The smallest absolute Gasteiger partial charge is 0.260 e. The molecule has 6 nitrogen and oxygen atoms in total. The van der Waals surface area contributed by atoms with Gasteiger partial charge in [-0.15, -0.1) is 0 Å². The molecular formula is C9H17N3O3S. The van der Waals surface area contributed by atoms with Crippen molar-refractivity contribution in [3.63, 3.8) is 0 Å². The lowest BCUT2D eigenvalue weighted by atomic mass is 10.4. The van der Waals surface area contributed by atoms with Crippen molar-refractivity contribution in [2.24, 2.45) is 7.05 Å². The molecule has 0 fully saturated rings. The lowest BCUT2D eigenvalue weighted by molar-refractivity contribution is 0.236. The molecule has 92 valence electrons. The summed E-state index contributed by atoms with van der Waals surface area (Å²) in [6.07, 6.45) is 1.43. The zero-order valence-electron chi connectivity index (χ0n) is 9.66. The van der Waals surface area contributed by atoms with Gasteiger partial charge in [0.05, 0.1) is 12.8 Å². The summed E-state index contributed by atoms with van der Waals surface area (Å²) in [6.45, 7) is 3.42. The molecule has 1 aromatic rings. The number of aliphatic hydroxyl groups is 1. The Balaban J connectivity index is 3.14. The van der Waals surface area contributed by atoms with Gasteiger partial charge >= 0.3 is 0 Å². The molecule has 1 heterocycles. The molecule has 0 spiro atoms. The fraction of sp³-hybridized carbons (Fsp3) is 0.667. The molecular weight excluding hydrogens is 230 g/mol. The highest BCUT2D eigenvalue weighted by Gasteiger charge is 2.28. The summed E-state index contributed by atoms with van der Waals surface area (Å²) >= 11 is 0. The molecule has 0 aromatic carbocycles. The predicted octanol–water partition coefficient (Wildman–Crippen LogP) is -0.189. The van der Waals surface area contributed by atoms with Crippen molar-refractivity contribution in [1.29, 1.82) is 0 Å². The van der Waals surface area contributed by atoms with Crippen LogP contribution in [0.1, 0.15) is 13.8 Å². The number of hydrogen-bond acceptors (Lipinski definition) is 4. The molecule has 16 heavy (non-hydrogen) atoms. The number of rotatable bonds is 5. The maximum Gasteiger partial charge on any atom is 0.260 e. The third kappa shape index (κ3) is 2.42. The maximum atomic E-state index is 12.2. The van der Waals surface area contributed by atoms with Gasteiger partial charge in [0, 0.05) is 19.6 Å². The number of aromatic nitrogens is 2. The minimum atomic E-state index is -3.58. The van der Waals surface area contributed by atoms with Crippen LogP contribution in [0.2, 0.25) is 0 Å². The SMILES string of the molecule is CC(C)N(CCO)S(=O)(=O)c1ccnn1C. The van der Waals surface area contributed by atoms with Crippen LogP contribution in [-0.2, 0) is 17.1 Å². The summed E-state index contributed by atoms with van der Waals surface area (Å²) in [7, 11) is -2.00. The summed E-state index contributed by atoms with van der Waals surface area (Å²) in [5, 5.41) is 12.9. The van der Waals surface area contributed by atoms with Gasteiger partial charge in [-0.25, -0.2) is 8.42 Å². The summed E-state index contributed by atoms with van der Waals surface area (Å²) in [5.74, 6) is 0. The first-order chi connectivity index (χ1) is 7.41. The Hall–Kier alpha value is -0.920. The highest BCUT2D eigenvalue weighted by molar-refractivity contribution is 7.89. The van der Waals surface area contributed by atoms with E-state index >= 15 is 0 Å². The molecule has 0 amide bonds. The third-order valence-corrected chi connectivity index (χ3v) is 4.40. The minimum Gasteiger partial charge on any atom is -0.395 e. The number of sulfonamides is 1. The molecule has 0 radical (unpaired) electrons. The fourth-order valence-corrected chi connectivity index (χ4v) is 3.22. The largest absolute Gasteiger partial charge is 0.395 e. The minimum absolute atomic E-state index is 0.0885. The average Bonchev–Trinajstić information content (AvgIpc) is 2.60. The van der Waals surface area contributed by atoms with Crippen LogP contribution < -0.4 is 0 Å². The summed E-state index contributed by atoms with van der Waals surface area (Å²) in [5.41, 5.74) is 0. The van der Waals surface area contributed by atoms with Crippen molar-refractivity contribution in [3.05, 3.63) is 12.3 Å². The van der Waals surface area contributed by atoms with Crippen LogP contribution >= 0.6 is 0 Å². The molecule has 0 aliphatic rings. The highest BCUT2D eigenvalue weighted by atomic mass is 32.2. The van der Waals surface area contributed by atoms with Gasteiger partial charge in [-0.1, -0.05) is 0 Å². The molecule has 0 saturated carbocycles. The first-order valence-electron chi connectivity index (χ1n) is 5.02. The molecule has 0 atom stereocenters. The Morgan fingerprint density at radius 1 is 1.56 bits per heavy atom. The summed E-state index contributed by atoms with van der Waals surface area (Å²) in [6, 6.07) is 1.24. The van der Waals surface area contributed by atoms with Crippen molar-refractivity contribution in [1.82, 2.24) is 14.1 Å². The van der Waals surface area contributed by atoms with Gasteiger partial charge in [0.15, 0.2) is 5.03 Å².